The quantitative estimate of drug-likeness (QED) is 0.332. The molecule has 0 aliphatic carbocycles. The normalized spacial score (nSPS) is 15.8. The van der Waals surface area contributed by atoms with Crippen LogP contribution in [0.1, 0.15) is 24.1 Å². The molecule has 10 heteroatoms. The molecule has 32 heavy (non-hydrogen) atoms. The first-order chi connectivity index (χ1) is 15.3. The molecule has 3 aromatic rings. The molecule has 0 radical (unpaired) electrons. The number of hydrogen-bond acceptors (Lipinski definition) is 7. The van der Waals surface area contributed by atoms with Crippen molar-refractivity contribution in [2.24, 2.45) is 4.99 Å². The Bertz CT molecular complexity index is 1450. The van der Waals surface area contributed by atoms with Crippen LogP contribution in [0.25, 0.3) is 6.08 Å². The highest BCUT2D eigenvalue weighted by Gasteiger charge is 2.33. The zero-order valence-corrected chi connectivity index (χ0v) is 18.5. The van der Waals surface area contributed by atoms with Gasteiger partial charge in [0, 0.05) is 17.2 Å². The van der Waals surface area contributed by atoms with E-state index in [-0.39, 0.29) is 16.8 Å². The van der Waals surface area contributed by atoms with Gasteiger partial charge in [-0.15, -0.1) is 0 Å². The van der Waals surface area contributed by atoms with Gasteiger partial charge in [0.2, 0.25) is 0 Å². The molecule has 1 aromatic heterocycles. The summed E-state index contributed by atoms with van der Waals surface area (Å²) in [5.41, 5.74) is 1.20. The zero-order valence-electron chi connectivity index (χ0n) is 16.9. The minimum absolute atomic E-state index is 0.148. The molecule has 2 aromatic carbocycles. The van der Waals surface area contributed by atoms with E-state index in [1.165, 1.54) is 41.2 Å². The number of ether oxygens (including phenoxy) is 1. The maximum atomic E-state index is 13.4. The first-order valence-corrected chi connectivity index (χ1v) is 10.6. The summed E-state index contributed by atoms with van der Waals surface area (Å²) in [6.07, 6.45) is 1.71. The third-order valence-corrected chi connectivity index (χ3v) is 6.23. The van der Waals surface area contributed by atoms with E-state index in [0.29, 0.717) is 25.6 Å². The van der Waals surface area contributed by atoms with Gasteiger partial charge in [-0.2, -0.15) is 0 Å². The fraction of sp³-hybridized carbons (Fsp3) is 0.136. The Morgan fingerprint density at radius 3 is 2.66 bits per heavy atom. The predicted octanol–water partition coefficient (Wildman–Crippen LogP) is 2.97. The molecule has 0 N–H and O–H groups in total. The number of fused-ring (bicyclic) bond motifs is 1. The van der Waals surface area contributed by atoms with Crippen molar-refractivity contribution in [2.45, 2.75) is 13.0 Å². The number of nitrogens with zero attached hydrogens (tertiary/aromatic N) is 3. The summed E-state index contributed by atoms with van der Waals surface area (Å²) in [6, 6.07) is 11.9. The first-order valence-electron chi connectivity index (χ1n) is 9.41. The van der Waals surface area contributed by atoms with Gasteiger partial charge >= 0.3 is 5.97 Å². The molecule has 0 bridgehead atoms. The fourth-order valence-corrected chi connectivity index (χ4v) is 4.70. The number of carbonyl (C=O) groups excluding carboxylic acids is 1. The van der Waals surface area contributed by atoms with Crippen LogP contribution >= 0.6 is 22.9 Å². The molecule has 8 nitrogen and oxygen atoms in total. The highest BCUT2D eigenvalue weighted by atomic mass is 35.5. The van der Waals surface area contributed by atoms with E-state index in [9.17, 15) is 19.7 Å². The second-order valence-corrected chi connectivity index (χ2v) is 8.42. The van der Waals surface area contributed by atoms with Crippen LogP contribution in [0.4, 0.5) is 5.69 Å². The molecular weight excluding hydrogens is 454 g/mol. The van der Waals surface area contributed by atoms with Crippen molar-refractivity contribution in [3.8, 4) is 0 Å². The summed E-state index contributed by atoms with van der Waals surface area (Å²) in [4.78, 5) is 41.7. The predicted molar refractivity (Wildman–Crippen MR) is 120 cm³/mol. The van der Waals surface area contributed by atoms with Crippen LogP contribution in [0, 0.1) is 10.1 Å². The van der Waals surface area contributed by atoms with Crippen molar-refractivity contribution in [2.75, 3.05) is 7.11 Å². The van der Waals surface area contributed by atoms with Crippen molar-refractivity contribution in [1.82, 2.24) is 4.57 Å². The first kappa shape index (κ1) is 21.7. The lowest BCUT2D eigenvalue weighted by Crippen LogP contribution is -2.39. The van der Waals surface area contributed by atoms with E-state index in [1.54, 1.807) is 43.3 Å². The molecule has 4 rings (SSSR count). The molecule has 0 spiro atoms. The molecular formula is C22H16ClN3O5S. The smallest absolute Gasteiger partial charge is 0.338 e. The van der Waals surface area contributed by atoms with Crippen molar-refractivity contribution in [1.29, 1.82) is 0 Å². The topological polar surface area (TPSA) is 104 Å². The van der Waals surface area contributed by atoms with E-state index >= 15 is 0 Å². The number of nitro groups is 1. The minimum atomic E-state index is -0.911. The van der Waals surface area contributed by atoms with Crippen LogP contribution in [0.3, 0.4) is 0 Å². The Labute approximate surface area is 190 Å². The molecule has 1 aliphatic rings. The molecule has 1 atom stereocenters. The molecule has 0 saturated heterocycles. The number of non-ortho nitro benzene ring substituents is 1. The summed E-state index contributed by atoms with van der Waals surface area (Å²) >= 11 is 7.11. The van der Waals surface area contributed by atoms with Gasteiger partial charge in [-0.05, 0) is 36.3 Å². The largest absolute Gasteiger partial charge is 0.466 e. The number of esters is 1. The van der Waals surface area contributed by atoms with Crippen molar-refractivity contribution >= 4 is 40.7 Å². The van der Waals surface area contributed by atoms with Crippen LogP contribution in [-0.4, -0.2) is 22.6 Å². The number of nitro benzene ring substituents is 1. The fourth-order valence-electron chi connectivity index (χ4n) is 3.53. The summed E-state index contributed by atoms with van der Waals surface area (Å²) < 4.78 is 6.72. The Kier molecular flexibility index (Phi) is 5.77. The SMILES string of the molecule is COC(=O)C1=C(C)N=c2s/c(=C\c3ccc(Cl)cc3)c(=O)n2C1c1cccc([N+](=O)[O-])c1. The summed E-state index contributed by atoms with van der Waals surface area (Å²) in [5, 5.41) is 11.9. The number of allylic oxidation sites excluding steroid dienone is 1. The standard InChI is InChI=1S/C22H16ClN3O5S/c1-12-18(21(28)31-2)19(14-4-3-5-16(11-14)26(29)30)25-20(27)17(32-22(25)24-12)10-13-6-8-15(23)9-7-13/h3-11,19H,1-2H3/b17-10-. The van der Waals surface area contributed by atoms with E-state index < -0.39 is 16.9 Å². The molecule has 0 fully saturated rings. The average molecular weight is 470 g/mol. The number of methoxy groups -OCH3 is 1. The highest BCUT2D eigenvalue weighted by Crippen LogP contribution is 2.32. The van der Waals surface area contributed by atoms with E-state index in [1.807, 2.05) is 0 Å². The summed E-state index contributed by atoms with van der Waals surface area (Å²) in [6.45, 7) is 1.65. The molecule has 162 valence electrons. The van der Waals surface area contributed by atoms with Crippen molar-refractivity contribution in [3.63, 3.8) is 0 Å². The van der Waals surface area contributed by atoms with E-state index in [4.69, 9.17) is 16.3 Å². The van der Waals surface area contributed by atoms with Gasteiger partial charge in [-0.25, -0.2) is 9.79 Å². The number of rotatable bonds is 4. The number of benzene rings is 2. The van der Waals surface area contributed by atoms with Gasteiger partial charge in [0.25, 0.3) is 11.2 Å². The number of hydrogen-bond donors (Lipinski definition) is 0. The van der Waals surface area contributed by atoms with Crippen LogP contribution in [0.15, 0.2) is 69.6 Å². The second kappa shape index (κ2) is 8.52. The van der Waals surface area contributed by atoms with Gasteiger partial charge in [0.15, 0.2) is 4.80 Å². The molecule has 1 aliphatic heterocycles. The number of aromatic nitrogens is 1. The molecule has 2 heterocycles. The van der Waals surface area contributed by atoms with Gasteiger partial charge in [-0.3, -0.25) is 19.5 Å². The lowest BCUT2D eigenvalue weighted by Gasteiger charge is -2.24. The van der Waals surface area contributed by atoms with Gasteiger partial charge in [0.05, 0.1) is 33.9 Å². The number of carbonyl (C=O) groups is 1. The highest BCUT2D eigenvalue weighted by molar-refractivity contribution is 7.07. The van der Waals surface area contributed by atoms with E-state index in [0.717, 1.165) is 5.56 Å². The lowest BCUT2D eigenvalue weighted by molar-refractivity contribution is -0.384. The van der Waals surface area contributed by atoms with Crippen LogP contribution in [0.5, 0.6) is 0 Å². The number of halogens is 1. The lowest BCUT2D eigenvalue weighted by atomic mass is 9.95. The van der Waals surface area contributed by atoms with Crippen LogP contribution < -0.4 is 14.9 Å². The third kappa shape index (κ3) is 3.88. The summed E-state index contributed by atoms with van der Waals surface area (Å²) in [5.74, 6) is -0.658. The zero-order chi connectivity index (χ0) is 23.0. The Hall–Kier alpha value is -3.56. The molecule has 1 unspecified atom stereocenters. The minimum Gasteiger partial charge on any atom is -0.466 e. The monoisotopic (exact) mass is 469 g/mol. The van der Waals surface area contributed by atoms with Gasteiger partial charge < -0.3 is 4.74 Å². The number of thiazole rings is 1. The molecule has 0 saturated carbocycles. The second-order valence-electron chi connectivity index (χ2n) is 6.98. The van der Waals surface area contributed by atoms with E-state index in [2.05, 4.69) is 4.99 Å². The van der Waals surface area contributed by atoms with Crippen molar-refractivity contribution < 1.29 is 14.5 Å². The third-order valence-electron chi connectivity index (χ3n) is 4.99. The van der Waals surface area contributed by atoms with Crippen LogP contribution in [-0.2, 0) is 9.53 Å². The Morgan fingerprint density at radius 1 is 1.28 bits per heavy atom. The van der Waals surface area contributed by atoms with Crippen LogP contribution in [0.2, 0.25) is 5.02 Å². The average Bonchev–Trinajstić information content (AvgIpc) is 3.08. The van der Waals surface area contributed by atoms with Crippen molar-refractivity contribution in [3.05, 3.63) is 106 Å². The summed E-state index contributed by atoms with van der Waals surface area (Å²) in [7, 11) is 1.23. The maximum Gasteiger partial charge on any atom is 0.338 e. The molecule has 0 amide bonds. The van der Waals surface area contributed by atoms with Gasteiger partial charge in [-0.1, -0.05) is 47.2 Å². The van der Waals surface area contributed by atoms with Gasteiger partial charge in [0.1, 0.15) is 0 Å². The Morgan fingerprint density at radius 2 is 2.00 bits per heavy atom. The Balaban J connectivity index is 1.98. The maximum absolute atomic E-state index is 13.4.